The van der Waals surface area contributed by atoms with Gasteiger partial charge in [0.15, 0.2) is 11.5 Å². The van der Waals surface area contributed by atoms with Crippen molar-refractivity contribution < 1.29 is 13.8 Å². The van der Waals surface area contributed by atoms with E-state index in [-0.39, 0.29) is 10.9 Å². The maximum atomic E-state index is 13.2. The van der Waals surface area contributed by atoms with E-state index < -0.39 is 5.82 Å². The molecule has 1 aliphatic heterocycles. The SMILES string of the molecule is NC(=Nc1ccc(F)c(Cl)c1)c1nonc1CN1CCOCC1. The van der Waals surface area contributed by atoms with E-state index in [4.69, 9.17) is 26.7 Å². The van der Waals surface area contributed by atoms with Gasteiger partial charge in [-0.05, 0) is 23.4 Å². The summed E-state index contributed by atoms with van der Waals surface area (Å²) in [6.07, 6.45) is 0. The highest BCUT2D eigenvalue weighted by Gasteiger charge is 2.19. The van der Waals surface area contributed by atoms with Gasteiger partial charge in [0.1, 0.15) is 11.5 Å². The molecule has 0 bridgehead atoms. The van der Waals surface area contributed by atoms with Crippen LogP contribution in [-0.2, 0) is 11.3 Å². The van der Waals surface area contributed by atoms with Gasteiger partial charge in [0, 0.05) is 19.6 Å². The fraction of sp³-hybridized carbons (Fsp3) is 0.357. The zero-order valence-corrected chi connectivity index (χ0v) is 13.0. The zero-order valence-electron chi connectivity index (χ0n) is 12.2. The minimum absolute atomic E-state index is 0.0223. The predicted molar refractivity (Wildman–Crippen MR) is 82.2 cm³/mol. The number of rotatable bonds is 4. The van der Waals surface area contributed by atoms with E-state index in [9.17, 15) is 4.39 Å². The van der Waals surface area contributed by atoms with Crippen molar-refractivity contribution in [2.45, 2.75) is 6.54 Å². The van der Waals surface area contributed by atoms with Gasteiger partial charge < -0.3 is 10.5 Å². The molecule has 0 saturated carbocycles. The Bertz CT molecular complexity index is 715. The third kappa shape index (κ3) is 3.84. The van der Waals surface area contributed by atoms with Crippen LogP contribution in [0.15, 0.2) is 27.8 Å². The highest BCUT2D eigenvalue weighted by atomic mass is 35.5. The first-order chi connectivity index (χ1) is 11.1. The van der Waals surface area contributed by atoms with E-state index in [1.165, 1.54) is 18.2 Å². The number of amidine groups is 1. The average Bonchev–Trinajstić information content (AvgIpc) is 3.00. The summed E-state index contributed by atoms with van der Waals surface area (Å²) < 4.78 is 23.3. The smallest absolute Gasteiger partial charge is 0.174 e. The molecule has 7 nitrogen and oxygen atoms in total. The van der Waals surface area contributed by atoms with Gasteiger partial charge in [-0.25, -0.2) is 14.0 Å². The molecule has 1 saturated heterocycles. The monoisotopic (exact) mass is 339 g/mol. The molecule has 2 N–H and O–H groups in total. The molecule has 9 heteroatoms. The summed E-state index contributed by atoms with van der Waals surface area (Å²) in [5.74, 6) is -0.377. The molecule has 0 unspecified atom stereocenters. The van der Waals surface area contributed by atoms with E-state index in [1.54, 1.807) is 0 Å². The summed E-state index contributed by atoms with van der Waals surface area (Å²) in [6.45, 7) is 3.51. The fourth-order valence-electron chi connectivity index (χ4n) is 2.22. The Morgan fingerprint density at radius 1 is 1.35 bits per heavy atom. The van der Waals surface area contributed by atoms with Crippen LogP contribution < -0.4 is 5.73 Å². The number of aromatic nitrogens is 2. The van der Waals surface area contributed by atoms with E-state index >= 15 is 0 Å². The number of hydrogen-bond acceptors (Lipinski definition) is 6. The molecule has 3 rings (SSSR count). The van der Waals surface area contributed by atoms with E-state index in [0.29, 0.717) is 36.8 Å². The second kappa shape index (κ2) is 7.03. The molecule has 0 amide bonds. The highest BCUT2D eigenvalue weighted by molar-refractivity contribution is 6.31. The van der Waals surface area contributed by atoms with Crippen molar-refractivity contribution in [3.63, 3.8) is 0 Å². The minimum Gasteiger partial charge on any atom is -0.382 e. The summed E-state index contributed by atoms with van der Waals surface area (Å²) in [7, 11) is 0. The molecular weight excluding hydrogens is 325 g/mol. The minimum atomic E-state index is -0.514. The second-order valence-corrected chi connectivity index (χ2v) is 5.45. The van der Waals surface area contributed by atoms with Crippen LogP contribution in [0.3, 0.4) is 0 Å². The molecule has 0 radical (unpaired) electrons. The average molecular weight is 340 g/mol. The van der Waals surface area contributed by atoms with Crippen molar-refractivity contribution in [3.8, 4) is 0 Å². The van der Waals surface area contributed by atoms with Crippen LogP contribution in [0.25, 0.3) is 0 Å². The van der Waals surface area contributed by atoms with Crippen molar-refractivity contribution in [2.75, 3.05) is 26.3 Å². The van der Waals surface area contributed by atoms with Crippen LogP contribution in [-0.4, -0.2) is 47.4 Å². The van der Waals surface area contributed by atoms with Crippen molar-refractivity contribution in [1.29, 1.82) is 0 Å². The summed E-state index contributed by atoms with van der Waals surface area (Å²) in [6, 6.07) is 4.09. The second-order valence-electron chi connectivity index (χ2n) is 5.04. The summed E-state index contributed by atoms with van der Waals surface area (Å²) in [5.41, 5.74) is 7.37. The van der Waals surface area contributed by atoms with Gasteiger partial charge in [0.25, 0.3) is 0 Å². The van der Waals surface area contributed by atoms with Crippen molar-refractivity contribution >= 4 is 23.1 Å². The first-order valence-corrected chi connectivity index (χ1v) is 7.42. The fourth-order valence-corrected chi connectivity index (χ4v) is 2.40. The lowest BCUT2D eigenvalue weighted by molar-refractivity contribution is 0.0332. The van der Waals surface area contributed by atoms with E-state index in [2.05, 4.69) is 20.2 Å². The molecule has 2 heterocycles. The molecule has 0 atom stereocenters. The van der Waals surface area contributed by atoms with Crippen molar-refractivity contribution in [2.24, 2.45) is 10.7 Å². The molecule has 2 aromatic rings. The molecule has 23 heavy (non-hydrogen) atoms. The Balaban J connectivity index is 1.79. The zero-order chi connectivity index (χ0) is 16.2. The van der Waals surface area contributed by atoms with Gasteiger partial charge in [-0.15, -0.1) is 0 Å². The van der Waals surface area contributed by atoms with Gasteiger partial charge >= 0.3 is 0 Å². The number of hydrogen-bond donors (Lipinski definition) is 1. The molecule has 1 aromatic heterocycles. The number of nitrogens with zero attached hydrogens (tertiary/aromatic N) is 4. The highest BCUT2D eigenvalue weighted by Crippen LogP contribution is 2.22. The summed E-state index contributed by atoms with van der Waals surface area (Å²) in [5, 5.41) is 7.68. The molecule has 0 spiro atoms. The maximum Gasteiger partial charge on any atom is 0.174 e. The summed E-state index contributed by atoms with van der Waals surface area (Å²) in [4.78, 5) is 6.36. The number of aliphatic imine (C=N–C) groups is 1. The lowest BCUT2D eigenvalue weighted by atomic mass is 10.2. The van der Waals surface area contributed by atoms with E-state index in [1.807, 2.05) is 0 Å². The van der Waals surface area contributed by atoms with Crippen LogP contribution in [0.1, 0.15) is 11.4 Å². The number of morpholine rings is 1. The van der Waals surface area contributed by atoms with Crippen LogP contribution in [0.4, 0.5) is 10.1 Å². The Hall–Kier alpha value is -2.03. The largest absolute Gasteiger partial charge is 0.382 e. The first kappa shape index (κ1) is 15.9. The topological polar surface area (TPSA) is 89.8 Å². The Morgan fingerprint density at radius 2 is 2.13 bits per heavy atom. The third-order valence-corrected chi connectivity index (χ3v) is 3.72. The predicted octanol–water partition coefficient (Wildman–Crippen LogP) is 1.73. The van der Waals surface area contributed by atoms with Crippen LogP contribution in [0.2, 0.25) is 5.02 Å². The van der Waals surface area contributed by atoms with E-state index in [0.717, 1.165) is 13.1 Å². The molecule has 1 aliphatic rings. The quantitative estimate of drug-likeness (QED) is 0.674. The van der Waals surface area contributed by atoms with Gasteiger partial charge in [-0.3, -0.25) is 4.90 Å². The van der Waals surface area contributed by atoms with Crippen LogP contribution >= 0.6 is 11.6 Å². The van der Waals surface area contributed by atoms with Crippen molar-refractivity contribution in [3.05, 3.63) is 40.4 Å². The van der Waals surface area contributed by atoms with Gasteiger partial charge in [-0.2, -0.15) is 0 Å². The summed E-state index contributed by atoms with van der Waals surface area (Å²) >= 11 is 5.73. The lowest BCUT2D eigenvalue weighted by Gasteiger charge is -2.25. The van der Waals surface area contributed by atoms with Crippen molar-refractivity contribution in [1.82, 2.24) is 15.2 Å². The maximum absolute atomic E-state index is 13.2. The Labute approximate surface area is 136 Å². The number of nitrogens with two attached hydrogens (primary N) is 1. The van der Waals surface area contributed by atoms with Crippen LogP contribution in [0.5, 0.6) is 0 Å². The van der Waals surface area contributed by atoms with Gasteiger partial charge in [0.05, 0.1) is 23.9 Å². The third-order valence-electron chi connectivity index (χ3n) is 3.43. The molecular formula is C14H15ClFN5O2. The van der Waals surface area contributed by atoms with Gasteiger partial charge in [0.2, 0.25) is 0 Å². The lowest BCUT2D eigenvalue weighted by Crippen LogP contribution is -2.36. The van der Waals surface area contributed by atoms with Crippen LogP contribution in [0, 0.1) is 5.82 Å². The molecule has 1 fully saturated rings. The number of ether oxygens (including phenoxy) is 1. The van der Waals surface area contributed by atoms with Gasteiger partial charge in [-0.1, -0.05) is 16.8 Å². The normalized spacial score (nSPS) is 16.7. The standard InChI is InChI=1S/C14H15ClFN5O2/c15-10-7-9(1-2-11(10)16)18-14(17)13-12(19-23-20-13)8-21-3-5-22-6-4-21/h1-2,7H,3-6,8H2,(H2,17,18). The Morgan fingerprint density at radius 3 is 2.87 bits per heavy atom. The molecule has 122 valence electrons. The first-order valence-electron chi connectivity index (χ1n) is 7.04. The number of halogens is 2. The molecule has 0 aliphatic carbocycles. The Kier molecular flexibility index (Phi) is 4.85. The number of benzene rings is 1. The molecule has 1 aromatic carbocycles.